The average Bonchev–Trinajstić information content (AvgIpc) is 3.48. The second-order valence-electron chi connectivity index (χ2n) is 11.7. The van der Waals surface area contributed by atoms with Gasteiger partial charge in [0.05, 0.1) is 28.8 Å². The molecule has 9 nitrogen and oxygen atoms in total. The lowest BCUT2D eigenvalue weighted by molar-refractivity contribution is -0.385. The molecule has 0 fully saturated rings. The SMILES string of the molecule is COc1cc(NC(=O)COC(=O)c2c3c(nc4ccccc24)/C(=C\c2cccs2)CC(C(C)(C)C)C3)c(C)cc1[N+](=O)[O-]. The number of carbonyl (C=O) groups excluding carboxylic acids is 2. The molecule has 0 spiro atoms. The van der Waals surface area contributed by atoms with Crippen LogP contribution in [0, 0.1) is 28.4 Å². The Morgan fingerprint density at radius 3 is 2.60 bits per heavy atom. The second-order valence-corrected chi connectivity index (χ2v) is 12.7. The summed E-state index contributed by atoms with van der Waals surface area (Å²) in [5, 5.41) is 16.7. The molecular formula is C33H33N3O6S. The third kappa shape index (κ3) is 6.29. The number of nitrogens with zero attached hydrogens (tertiary/aromatic N) is 2. The number of hydrogen-bond acceptors (Lipinski definition) is 8. The minimum absolute atomic E-state index is 0.0117. The van der Waals surface area contributed by atoms with Gasteiger partial charge in [0, 0.05) is 28.1 Å². The van der Waals surface area contributed by atoms with Crippen molar-refractivity contribution in [3.8, 4) is 5.75 Å². The van der Waals surface area contributed by atoms with Crippen molar-refractivity contribution in [2.75, 3.05) is 19.0 Å². The van der Waals surface area contributed by atoms with Gasteiger partial charge >= 0.3 is 11.7 Å². The van der Waals surface area contributed by atoms with E-state index in [-0.39, 0.29) is 22.8 Å². The van der Waals surface area contributed by atoms with Gasteiger partial charge in [0.15, 0.2) is 12.4 Å². The maximum absolute atomic E-state index is 13.8. The van der Waals surface area contributed by atoms with Gasteiger partial charge in [-0.05, 0) is 71.4 Å². The first-order valence-corrected chi connectivity index (χ1v) is 14.8. The highest BCUT2D eigenvalue weighted by Gasteiger charge is 2.35. The summed E-state index contributed by atoms with van der Waals surface area (Å²) in [4.78, 5) is 43.6. The molecule has 10 heteroatoms. The minimum atomic E-state index is -0.604. The van der Waals surface area contributed by atoms with E-state index in [1.54, 1.807) is 18.3 Å². The van der Waals surface area contributed by atoms with Crippen molar-refractivity contribution < 1.29 is 24.0 Å². The number of nitro groups is 1. The zero-order valence-electron chi connectivity index (χ0n) is 24.7. The number of esters is 1. The lowest BCUT2D eigenvalue weighted by Crippen LogP contribution is -2.29. The molecule has 0 saturated carbocycles. The van der Waals surface area contributed by atoms with E-state index >= 15 is 0 Å². The van der Waals surface area contributed by atoms with Crippen molar-refractivity contribution >= 4 is 57.1 Å². The number of allylic oxidation sites excluding steroid dienone is 1. The van der Waals surface area contributed by atoms with E-state index < -0.39 is 23.4 Å². The van der Waals surface area contributed by atoms with Gasteiger partial charge in [0.1, 0.15) is 0 Å². The van der Waals surface area contributed by atoms with Crippen molar-refractivity contribution in [3.63, 3.8) is 0 Å². The van der Waals surface area contributed by atoms with Crippen LogP contribution < -0.4 is 10.1 Å². The number of benzene rings is 2. The molecule has 2 heterocycles. The maximum atomic E-state index is 13.8. The first-order chi connectivity index (χ1) is 20.5. The van der Waals surface area contributed by atoms with E-state index in [1.807, 2.05) is 35.7 Å². The largest absolute Gasteiger partial charge is 0.490 e. The summed E-state index contributed by atoms with van der Waals surface area (Å²) in [5.74, 6) is -0.917. The molecule has 2 aromatic carbocycles. The molecule has 0 bridgehead atoms. The van der Waals surface area contributed by atoms with Crippen molar-refractivity contribution in [2.24, 2.45) is 11.3 Å². The fourth-order valence-corrected chi connectivity index (χ4v) is 6.10. The summed E-state index contributed by atoms with van der Waals surface area (Å²) in [6, 6.07) is 14.3. The fourth-order valence-electron chi connectivity index (χ4n) is 5.42. The topological polar surface area (TPSA) is 121 Å². The highest BCUT2D eigenvalue weighted by molar-refractivity contribution is 7.10. The van der Waals surface area contributed by atoms with Gasteiger partial charge in [-0.25, -0.2) is 9.78 Å². The number of fused-ring (bicyclic) bond motifs is 2. The Bertz CT molecular complexity index is 1750. The Kier molecular flexibility index (Phi) is 8.32. The van der Waals surface area contributed by atoms with Crippen LogP contribution >= 0.6 is 11.3 Å². The number of amides is 1. The number of rotatable bonds is 7. The van der Waals surface area contributed by atoms with Crippen LogP contribution in [0.25, 0.3) is 22.6 Å². The zero-order valence-corrected chi connectivity index (χ0v) is 25.5. The van der Waals surface area contributed by atoms with E-state index in [4.69, 9.17) is 14.5 Å². The number of ether oxygens (including phenoxy) is 2. The third-order valence-corrected chi connectivity index (χ3v) is 8.65. The molecule has 1 unspecified atom stereocenters. The summed E-state index contributed by atoms with van der Waals surface area (Å²) in [5.41, 5.74) is 4.36. The summed E-state index contributed by atoms with van der Waals surface area (Å²) >= 11 is 1.65. The van der Waals surface area contributed by atoms with Gasteiger partial charge in [-0.3, -0.25) is 14.9 Å². The molecule has 0 aliphatic heterocycles. The summed E-state index contributed by atoms with van der Waals surface area (Å²) in [6.45, 7) is 7.71. The number of methoxy groups -OCH3 is 1. The van der Waals surface area contributed by atoms with Gasteiger partial charge < -0.3 is 14.8 Å². The average molecular weight is 600 g/mol. The summed E-state index contributed by atoms with van der Waals surface area (Å²) in [7, 11) is 1.32. The number of hydrogen-bond donors (Lipinski definition) is 1. The first kappa shape index (κ1) is 29.9. The van der Waals surface area contributed by atoms with Crippen molar-refractivity contribution in [3.05, 3.63) is 91.3 Å². The number of aromatic nitrogens is 1. The highest BCUT2D eigenvalue weighted by Crippen LogP contribution is 2.45. The molecule has 1 N–H and O–H groups in total. The molecule has 0 saturated heterocycles. The van der Waals surface area contributed by atoms with Crippen LogP contribution in [0.3, 0.4) is 0 Å². The lowest BCUT2D eigenvalue weighted by atomic mass is 9.69. The number of carbonyl (C=O) groups is 2. The smallest absolute Gasteiger partial charge is 0.339 e. The Labute approximate surface area is 253 Å². The number of nitro benzene ring substituents is 1. The van der Waals surface area contributed by atoms with Crippen molar-refractivity contribution in [1.82, 2.24) is 4.98 Å². The second kappa shape index (κ2) is 12.0. The van der Waals surface area contributed by atoms with Crippen LogP contribution in [0.2, 0.25) is 0 Å². The summed E-state index contributed by atoms with van der Waals surface area (Å²) < 4.78 is 10.7. The van der Waals surface area contributed by atoms with Crippen LogP contribution in [0.15, 0.2) is 53.9 Å². The van der Waals surface area contributed by atoms with Gasteiger partial charge in [-0.15, -0.1) is 11.3 Å². The Morgan fingerprint density at radius 1 is 1.16 bits per heavy atom. The van der Waals surface area contributed by atoms with Gasteiger partial charge in [-0.2, -0.15) is 0 Å². The molecule has 2 aromatic heterocycles. The van der Waals surface area contributed by atoms with E-state index in [9.17, 15) is 19.7 Å². The third-order valence-electron chi connectivity index (χ3n) is 7.83. The molecule has 1 aliphatic rings. The number of aryl methyl sites for hydroxylation is 1. The normalized spacial score (nSPS) is 15.7. The molecular weight excluding hydrogens is 566 g/mol. The number of pyridine rings is 1. The van der Waals surface area contributed by atoms with Crippen LogP contribution in [-0.4, -0.2) is 35.5 Å². The van der Waals surface area contributed by atoms with Gasteiger partial charge in [0.2, 0.25) is 0 Å². The van der Waals surface area contributed by atoms with Crippen LogP contribution in [0.1, 0.15) is 59.2 Å². The molecule has 5 rings (SSSR count). The Hall–Kier alpha value is -4.57. The highest BCUT2D eigenvalue weighted by atomic mass is 32.1. The fraction of sp³-hybridized carbons (Fsp3) is 0.303. The molecule has 0 radical (unpaired) electrons. The van der Waals surface area contributed by atoms with E-state index in [0.29, 0.717) is 34.1 Å². The standard InChI is InChI=1S/C33H33N3O6S/c1-19-13-27(36(39)40)28(41-5)17-26(19)34-29(37)18-42-32(38)30-23-10-6-7-11-25(23)35-31-20(15-22-9-8-12-43-22)14-21(16-24(30)31)33(2,3)4/h6-13,15,17,21H,14,16,18H2,1-5H3,(H,34,37)/b20-15-. The number of anilines is 1. The lowest BCUT2D eigenvalue weighted by Gasteiger charge is -2.36. The molecule has 43 heavy (non-hydrogen) atoms. The molecule has 222 valence electrons. The number of para-hydroxylation sites is 1. The Balaban J connectivity index is 1.48. The monoisotopic (exact) mass is 599 g/mol. The zero-order chi connectivity index (χ0) is 30.9. The predicted octanol–water partition coefficient (Wildman–Crippen LogP) is 7.47. The Morgan fingerprint density at radius 2 is 1.93 bits per heavy atom. The maximum Gasteiger partial charge on any atom is 0.339 e. The summed E-state index contributed by atoms with van der Waals surface area (Å²) in [6.07, 6.45) is 3.64. The molecule has 1 aliphatic carbocycles. The van der Waals surface area contributed by atoms with E-state index in [2.05, 4.69) is 38.2 Å². The molecule has 1 atom stereocenters. The van der Waals surface area contributed by atoms with Crippen LogP contribution in [0.4, 0.5) is 11.4 Å². The van der Waals surface area contributed by atoms with Gasteiger partial charge in [0.25, 0.3) is 5.91 Å². The van der Waals surface area contributed by atoms with Crippen LogP contribution in [0.5, 0.6) is 5.75 Å². The molecule has 4 aromatic rings. The first-order valence-electron chi connectivity index (χ1n) is 13.9. The quantitative estimate of drug-likeness (QED) is 0.133. The molecule has 1 amide bonds. The van der Waals surface area contributed by atoms with E-state index in [0.717, 1.165) is 28.1 Å². The van der Waals surface area contributed by atoms with Crippen molar-refractivity contribution in [1.29, 1.82) is 0 Å². The number of nitrogens with one attached hydrogen (secondary N) is 1. The van der Waals surface area contributed by atoms with Gasteiger partial charge in [-0.1, -0.05) is 45.0 Å². The van der Waals surface area contributed by atoms with E-state index in [1.165, 1.54) is 19.2 Å². The minimum Gasteiger partial charge on any atom is -0.490 e. The predicted molar refractivity (Wildman–Crippen MR) is 168 cm³/mol. The number of thiophene rings is 1. The van der Waals surface area contributed by atoms with Crippen molar-refractivity contribution in [2.45, 2.75) is 40.5 Å². The van der Waals surface area contributed by atoms with Crippen LogP contribution in [-0.2, 0) is 16.0 Å².